The predicted molar refractivity (Wildman–Crippen MR) is 120 cm³/mol. The fraction of sp³-hybridized carbons (Fsp3) is 0.261. The van der Waals surface area contributed by atoms with E-state index in [1.165, 1.54) is 6.92 Å². The largest absolute Gasteiger partial charge is 0.337 e. The molecule has 9 heteroatoms. The maximum Gasteiger partial charge on any atom is 0.271 e. The summed E-state index contributed by atoms with van der Waals surface area (Å²) in [6.07, 6.45) is 4.82. The van der Waals surface area contributed by atoms with Crippen LogP contribution < -0.4 is 10.6 Å². The number of aromatic amines is 1. The number of amides is 3. The number of carbonyl (C=O) groups is 3. The van der Waals surface area contributed by atoms with Crippen LogP contribution in [-0.4, -0.2) is 50.9 Å². The van der Waals surface area contributed by atoms with Gasteiger partial charge in [0.25, 0.3) is 5.91 Å². The van der Waals surface area contributed by atoms with Gasteiger partial charge in [-0.25, -0.2) is 0 Å². The minimum atomic E-state index is -0.302. The summed E-state index contributed by atoms with van der Waals surface area (Å²) in [4.78, 5) is 42.6. The number of carbonyl (C=O) groups excluding carboxylic acids is 3. The Morgan fingerprint density at radius 2 is 1.84 bits per heavy atom. The lowest BCUT2D eigenvalue weighted by atomic mass is 9.96. The van der Waals surface area contributed by atoms with Crippen molar-refractivity contribution in [2.45, 2.75) is 19.8 Å². The van der Waals surface area contributed by atoms with Crippen LogP contribution in [0, 0.1) is 5.92 Å². The van der Waals surface area contributed by atoms with E-state index in [-0.39, 0.29) is 23.6 Å². The van der Waals surface area contributed by atoms with Gasteiger partial charge in [0.1, 0.15) is 5.69 Å². The molecule has 164 valence electrons. The van der Waals surface area contributed by atoms with Gasteiger partial charge in [0.2, 0.25) is 11.8 Å². The molecule has 0 radical (unpaired) electrons. The predicted octanol–water partition coefficient (Wildman–Crippen LogP) is 2.92. The summed E-state index contributed by atoms with van der Waals surface area (Å²) in [5, 5.41) is 12.6. The third-order valence-electron chi connectivity index (χ3n) is 5.32. The average Bonchev–Trinajstić information content (AvgIpc) is 3.30. The van der Waals surface area contributed by atoms with Crippen LogP contribution in [0.25, 0.3) is 11.3 Å². The maximum absolute atomic E-state index is 13.0. The number of nitrogens with zero attached hydrogens (tertiary/aromatic N) is 3. The van der Waals surface area contributed by atoms with Crippen LogP contribution in [-0.2, 0) is 9.59 Å². The van der Waals surface area contributed by atoms with Crippen LogP contribution in [0.5, 0.6) is 0 Å². The van der Waals surface area contributed by atoms with E-state index in [2.05, 4.69) is 25.8 Å². The molecule has 4 rings (SSSR count). The first-order chi connectivity index (χ1) is 15.5. The van der Waals surface area contributed by atoms with Gasteiger partial charge in [-0.05, 0) is 55.3 Å². The van der Waals surface area contributed by atoms with Crippen LogP contribution in [0.15, 0.2) is 54.9 Å². The Morgan fingerprint density at radius 3 is 2.53 bits per heavy atom. The molecule has 0 spiro atoms. The molecule has 0 aliphatic carbocycles. The van der Waals surface area contributed by atoms with E-state index in [9.17, 15) is 14.4 Å². The van der Waals surface area contributed by atoms with Gasteiger partial charge in [-0.2, -0.15) is 5.10 Å². The molecule has 1 saturated heterocycles. The number of hydrogen-bond acceptors (Lipinski definition) is 5. The molecule has 3 heterocycles. The normalized spacial score (nSPS) is 15.8. The van der Waals surface area contributed by atoms with E-state index in [4.69, 9.17) is 0 Å². The molecule has 0 unspecified atom stereocenters. The molecule has 9 nitrogen and oxygen atoms in total. The second kappa shape index (κ2) is 9.42. The second-order valence-electron chi connectivity index (χ2n) is 7.75. The van der Waals surface area contributed by atoms with Crippen LogP contribution in [0.4, 0.5) is 11.4 Å². The van der Waals surface area contributed by atoms with E-state index in [1.54, 1.807) is 47.6 Å². The molecule has 0 saturated carbocycles. The molecule has 3 amide bonds. The van der Waals surface area contributed by atoms with E-state index >= 15 is 0 Å². The summed E-state index contributed by atoms with van der Waals surface area (Å²) in [6.45, 7) is 2.37. The minimum Gasteiger partial charge on any atom is -0.337 e. The molecular formula is C23H24N6O3. The lowest BCUT2D eigenvalue weighted by Gasteiger charge is -2.31. The summed E-state index contributed by atoms with van der Waals surface area (Å²) < 4.78 is 0. The third-order valence-corrected chi connectivity index (χ3v) is 5.32. The zero-order valence-electron chi connectivity index (χ0n) is 17.7. The van der Waals surface area contributed by atoms with Gasteiger partial charge in [0.15, 0.2) is 0 Å². The van der Waals surface area contributed by atoms with Crippen molar-refractivity contribution >= 4 is 29.1 Å². The number of aromatic nitrogens is 3. The highest BCUT2D eigenvalue weighted by atomic mass is 16.2. The Morgan fingerprint density at radius 1 is 1.09 bits per heavy atom. The van der Waals surface area contributed by atoms with E-state index in [1.807, 2.05) is 12.1 Å². The number of nitrogens with one attached hydrogen (secondary N) is 3. The van der Waals surface area contributed by atoms with Crippen molar-refractivity contribution in [3.63, 3.8) is 0 Å². The number of likely N-dealkylation sites (tertiary alicyclic amines) is 1. The van der Waals surface area contributed by atoms with Crippen molar-refractivity contribution in [1.82, 2.24) is 20.1 Å². The smallest absolute Gasteiger partial charge is 0.271 e. The van der Waals surface area contributed by atoms with Crippen molar-refractivity contribution in [1.29, 1.82) is 0 Å². The van der Waals surface area contributed by atoms with Gasteiger partial charge >= 0.3 is 0 Å². The molecule has 32 heavy (non-hydrogen) atoms. The highest BCUT2D eigenvalue weighted by molar-refractivity contribution is 5.96. The molecule has 1 atom stereocenters. The summed E-state index contributed by atoms with van der Waals surface area (Å²) in [7, 11) is 0. The maximum atomic E-state index is 13.0. The number of piperidine rings is 1. The molecule has 1 aromatic carbocycles. The Labute approximate surface area is 185 Å². The zero-order valence-corrected chi connectivity index (χ0v) is 17.7. The number of H-pyrrole nitrogens is 1. The van der Waals surface area contributed by atoms with Crippen molar-refractivity contribution < 1.29 is 14.4 Å². The summed E-state index contributed by atoms with van der Waals surface area (Å²) in [5.41, 5.74) is 3.16. The summed E-state index contributed by atoms with van der Waals surface area (Å²) in [5.74, 6) is -0.762. The molecule has 3 aromatic rings. The first-order valence-corrected chi connectivity index (χ1v) is 10.4. The van der Waals surface area contributed by atoms with Crippen LogP contribution in [0.3, 0.4) is 0 Å². The highest BCUT2D eigenvalue weighted by Crippen LogP contribution is 2.22. The molecular weight excluding hydrogens is 408 g/mol. The third kappa shape index (κ3) is 5.00. The first-order valence-electron chi connectivity index (χ1n) is 10.4. The van der Waals surface area contributed by atoms with Gasteiger partial charge in [0.05, 0.1) is 11.6 Å². The summed E-state index contributed by atoms with van der Waals surface area (Å²) >= 11 is 0. The number of anilines is 2. The Kier molecular flexibility index (Phi) is 6.25. The quantitative estimate of drug-likeness (QED) is 0.573. The van der Waals surface area contributed by atoms with Crippen molar-refractivity contribution in [3.05, 3.63) is 60.6 Å². The van der Waals surface area contributed by atoms with Crippen LogP contribution in [0.2, 0.25) is 0 Å². The van der Waals surface area contributed by atoms with Crippen molar-refractivity contribution in [3.8, 4) is 11.3 Å². The van der Waals surface area contributed by atoms with Gasteiger partial charge in [-0.3, -0.25) is 24.5 Å². The van der Waals surface area contributed by atoms with Gasteiger partial charge in [-0.1, -0.05) is 0 Å². The average molecular weight is 432 g/mol. The van der Waals surface area contributed by atoms with E-state index in [0.29, 0.717) is 42.3 Å². The molecule has 0 bridgehead atoms. The van der Waals surface area contributed by atoms with Crippen molar-refractivity contribution in [2.75, 3.05) is 23.7 Å². The topological polar surface area (TPSA) is 120 Å². The Balaban J connectivity index is 1.37. The lowest BCUT2D eigenvalue weighted by molar-refractivity contribution is -0.121. The molecule has 1 aliphatic rings. The number of benzene rings is 1. The SMILES string of the molecule is CC(=O)Nc1ccc(NC(=O)[C@H]2CCCN(C(=O)c3cc(-c4cccnc4)n[nH]3)C2)cc1. The summed E-state index contributed by atoms with van der Waals surface area (Å²) in [6, 6.07) is 12.3. The Bertz CT molecular complexity index is 1110. The lowest BCUT2D eigenvalue weighted by Crippen LogP contribution is -2.43. The van der Waals surface area contributed by atoms with Crippen LogP contribution >= 0.6 is 0 Å². The molecule has 1 fully saturated rings. The monoisotopic (exact) mass is 432 g/mol. The molecule has 3 N–H and O–H groups in total. The standard InChI is InChI=1S/C23H24N6O3/c1-15(30)25-18-6-8-19(9-7-18)26-22(31)17-5-3-11-29(14-17)23(32)21-12-20(27-28-21)16-4-2-10-24-13-16/h2,4,6-10,12-13,17H,3,5,11,14H2,1H3,(H,25,30)(H,26,31)(H,27,28)/t17-/m0/s1. The van der Waals surface area contributed by atoms with Gasteiger partial charge in [-0.15, -0.1) is 0 Å². The number of hydrogen-bond donors (Lipinski definition) is 3. The fourth-order valence-corrected chi connectivity index (χ4v) is 3.72. The van der Waals surface area contributed by atoms with E-state index in [0.717, 1.165) is 12.0 Å². The minimum absolute atomic E-state index is 0.129. The highest BCUT2D eigenvalue weighted by Gasteiger charge is 2.29. The first kappa shape index (κ1) is 21.2. The molecule has 2 aromatic heterocycles. The second-order valence-corrected chi connectivity index (χ2v) is 7.75. The van der Waals surface area contributed by atoms with Crippen LogP contribution in [0.1, 0.15) is 30.3 Å². The van der Waals surface area contributed by atoms with Crippen molar-refractivity contribution in [2.24, 2.45) is 5.92 Å². The van der Waals surface area contributed by atoms with Gasteiger partial charge < -0.3 is 15.5 Å². The molecule has 1 aliphatic heterocycles. The van der Waals surface area contributed by atoms with Gasteiger partial charge in [0, 0.05) is 49.3 Å². The van der Waals surface area contributed by atoms with E-state index < -0.39 is 0 Å². The Hall–Kier alpha value is -4.01. The number of rotatable bonds is 5. The fourth-order valence-electron chi connectivity index (χ4n) is 3.72. The zero-order chi connectivity index (χ0) is 22.5. The number of pyridine rings is 1.